The third kappa shape index (κ3) is 5.46. The van der Waals surface area contributed by atoms with Gasteiger partial charge in [-0.15, -0.1) is 24.0 Å². The highest BCUT2D eigenvalue weighted by Gasteiger charge is 2.12. The predicted octanol–water partition coefficient (Wildman–Crippen LogP) is 2.60. The van der Waals surface area contributed by atoms with E-state index in [0.717, 1.165) is 34.8 Å². The molecule has 0 aromatic heterocycles. The first-order valence-corrected chi connectivity index (χ1v) is 7.41. The average molecular weight is 467 g/mol. The summed E-state index contributed by atoms with van der Waals surface area (Å²) < 4.78 is 0.957. The summed E-state index contributed by atoms with van der Waals surface area (Å²) in [5, 5.41) is 6.11. The lowest BCUT2D eigenvalue weighted by molar-refractivity contribution is -0.116. The van der Waals surface area contributed by atoms with Crippen LogP contribution in [-0.4, -0.2) is 43.4 Å². The van der Waals surface area contributed by atoms with E-state index in [1.807, 2.05) is 32.2 Å². The number of carbonyl (C=O) groups excluding carboxylic acids is 1. The van der Waals surface area contributed by atoms with Gasteiger partial charge < -0.3 is 15.5 Å². The van der Waals surface area contributed by atoms with Crippen molar-refractivity contribution < 1.29 is 4.79 Å². The fourth-order valence-corrected chi connectivity index (χ4v) is 2.31. The average Bonchev–Trinajstić information content (AvgIpc) is 2.80. The summed E-state index contributed by atoms with van der Waals surface area (Å²) in [5.74, 6) is 0.872. The van der Waals surface area contributed by atoms with Crippen LogP contribution in [0.5, 0.6) is 0 Å². The van der Waals surface area contributed by atoms with E-state index in [9.17, 15) is 4.79 Å². The molecule has 0 radical (unpaired) electrons. The zero-order valence-corrected chi connectivity index (χ0v) is 16.1. The summed E-state index contributed by atoms with van der Waals surface area (Å²) in [6.45, 7) is 4.32. The Hall–Kier alpha value is -0.830. The van der Waals surface area contributed by atoms with Gasteiger partial charge in [-0.3, -0.25) is 9.79 Å². The third-order valence-electron chi connectivity index (χ3n) is 3.17. The maximum Gasteiger partial charge on any atom is 0.226 e. The van der Waals surface area contributed by atoms with Gasteiger partial charge in [-0.25, -0.2) is 0 Å². The Morgan fingerprint density at radius 1 is 1.48 bits per heavy atom. The van der Waals surface area contributed by atoms with Crippen molar-refractivity contribution in [1.29, 1.82) is 0 Å². The number of rotatable bonds is 4. The van der Waals surface area contributed by atoms with E-state index in [0.29, 0.717) is 13.0 Å². The summed E-state index contributed by atoms with van der Waals surface area (Å²) in [7, 11) is 1.99. The molecule has 1 aliphatic rings. The van der Waals surface area contributed by atoms with E-state index >= 15 is 0 Å². The van der Waals surface area contributed by atoms with Gasteiger partial charge in [0.25, 0.3) is 0 Å². The van der Waals surface area contributed by atoms with Crippen molar-refractivity contribution >= 4 is 57.5 Å². The fourth-order valence-electron chi connectivity index (χ4n) is 1.95. The summed E-state index contributed by atoms with van der Waals surface area (Å²) >= 11 is 3.41. The molecular weight excluding hydrogens is 447 g/mol. The Labute approximate surface area is 150 Å². The topological polar surface area (TPSA) is 56.7 Å². The van der Waals surface area contributed by atoms with E-state index in [2.05, 4.69) is 36.5 Å². The number of amides is 1. The minimum atomic E-state index is -0.0000463. The van der Waals surface area contributed by atoms with Gasteiger partial charge in [-0.2, -0.15) is 0 Å². The molecule has 1 amide bonds. The van der Waals surface area contributed by atoms with E-state index in [1.165, 1.54) is 0 Å². The van der Waals surface area contributed by atoms with Crippen LogP contribution in [0, 0.1) is 6.92 Å². The molecule has 0 saturated heterocycles. The van der Waals surface area contributed by atoms with Crippen LogP contribution in [0.15, 0.2) is 27.7 Å². The van der Waals surface area contributed by atoms with Crippen molar-refractivity contribution in [2.24, 2.45) is 4.99 Å². The first-order chi connectivity index (χ1) is 9.56. The molecule has 0 bridgehead atoms. The van der Waals surface area contributed by atoms with E-state index in [4.69, 9.17) is 0 Å². The molecular formula is C14H20BrIN4O. The smallest absolute Gasteiger partial charge is 0.226 e. The molecule has 1 aliphatic heterocycles. The second kappa shape index (κ2) is 8.57. The number of guanidine groups is 1. The van der Waals surface area contributed by atoms with E-state index in [1.54, 1.807) is 0 Å². The van der Waals surface area contributed by atoms with Gasteiger partial charge in [0.15, 0.2) is 5.96 Å². The maximum atomic E-state index is 11.9. The van der Waals surface area contributed by atoms with Crippen molar-refractivity contribution in [3.05, 3.63) is 28.2 Å². The Morgan fingerprint density at radius 2 is 2.24 bits per heavy atom. The highest BCUT2D eigenvalue weighted by molar-refractivity contribution is 14.0. The molecule has 0 unspecified atom stereocenters. The maximum absolute atomic E-state index is 11.9. The monoisotopic (exact) mass is 466 g/mol. The number of hydrogen-bond acceptors (Lipinski definition) is 4. The lowest BCUT2D eigenvalue weighted by Crippen LogP contribution is -2.37. The Morgan fingerprint density at radius 3 is 2.90 bits per heavy atom. The molecule has 7 heteroatoms. The zero-order chi connectivity index (χ0) is 14.5. The summed E-state index contributed by atoms with van der Waals surface area (Å²) in [6.07, 6.45) is 0.415. The number of nitrogens with one attached hydrogen (secondary N) is 2. The molecule has 21 heavy (non-hydrogen) atoms. The number of hydrogen-bond donors (Lipinski definition) is 2. The molecule has 2 N–H and O–H groups in total. The number of anilines is 1. The normalized spacial score (nSPS) is 13.5. The molecule has 0 saturated carbocycles. The Balaban J connectivity index is 0.00000220. The highest BCUT2D eigenvalue weighted by Crippen LogP contribution is 2.20. The van der Waals surface area contributed by atoms with Gasteiger partial charge in [0.2, 0.25) is 5.91 Å². The molecule has 1 heterocycles. The number of nitrogens with zero attached hydrogens (tertiary/aromatic N) is 2. The van der Waals surface area contributed by atoms with Crippen molar-refractivity contribution in [3.63, 3.8) is 0 Å². The Kier molecular flexibility index (Phi) is 7.44. The minimum absolute atomic E-state index is 0. The van der Waals surface area contributed by atoms with Crippen LogP contribution in [0.1, 0.15) is 12.0 Å². The summed E-state index contributed by atoms with van der Waals surface area (Å²) in [5.41, 5.74) is 1.90. The third-order valence-corrected chi connectivity index (χ3v) is 3.66. The Bertz CT molecular complexity index is 536. The molecule has 0 aliphatic carbocycles. The lowest BCUT2D eigenvalue weighted by atomic mass is 10.2. The van der Waals surface area contributed by atoms with Crippen LogP contribution in [0.4, 0.5) is 5.69 Å². The second-order valence-electron chi connectivity index (χ2n) is 4.81. The van der Waals surface area contributed by atoms with Crippen molar-refractivity contribution in [3.8, 4) is 0 Å². The number of aliphatic imine (C=N–C) groups is 1. The summed E-state index contributed by atoms with van der Waals surface area (Å²) in [4.78, 5) is 18.3. The van der Waals surface area contributed by atoms with Gasteiger partial charge >= 0.3 is 0 Å². The zero-order valence-electron chi connectivity index (χ0n) is 12.1. The van der Waals surface area contributed by atoms with E-state index in [-0.39, 0.29) is 29.9 Å². The first-order valence-electron chi connectivity index (χ1n) is 6.62. The number of carbonyl (C=O) groups is 1. The number of aryl methyl sites for hydroxylation is 1. The molecule has 1 aromatic carbocycles. The standard InChI is InChI=1S/C14H19BrN4O.HI/c1-10-3-4-11(15)9-12(10)18-13(20)5-6-16-14-17-7-8-19(14)2;/h3-4,9H,5-8H2,1-2H3,(H,16,17)(H,18,20);1H. The van der Waals surface area contributed by atoms with Crippen molar-refractivity contribution in [1.82, 2.24) is 10.2 Å². The van der Waals surface area contributed by atoms with Gasteiger partial charge in [-0.05, 0) is 24.6 Å². The second-order valence-corrected chi connectivity index (χ2v) is 5.73. The summed E-state index contributed by atoms with van der Waals surface area (Å²) in [6, 6.07) is 5.84. The molecule has 5 nitrogen and oxygen atoms in total. The van der Waals surface area contributed by atoms with Crippen LogP contribution < -0.4 is 10.6 Å². The van der Waals surface area contributed by atoms with Crippen LogP contribution in [0.2, 0.25) is 0 Å². The number of halogens is 2. The fraction of sp³-hybridized carbons (Fsp3) is 0.429. The van der Waals surface area contributed by atoms with Gasteiger partial charge in [0.1, 0.15) is 0 Å². The van der Waals surface area contributed by atoms with Crippen LogP contribution in [-0.2, 0) is 4.79 Å². The number of likely N-dealkylation sites (N-methyl/N-ethyl adjacent to an activating group) is 1. The predicted molar refractivity (Wildman–Crippen MR) is 100 cm³/mol. The molecule has 0 spiro atoms. The van der Waals surface area contributed by atoms with Crippen LogP contribution in [0.25, 0.3) is 0 Å². The van der Waals surface area contributed by atoms with Gasteiger partial charge in [0, 0.05) is 36.7 Å². The number of benzene rings is 1. The molecule has 0 atom stereocenters. The van der Waals surface area contributed by atoms with Gasteiger partial charge in [0.05, 0.1) is 6.54 Å². The minimum Gasteiger partial charge on any atom is -0.356 e. The van der Waals surface area contributed by atoms with E-state index < -0.39 is 0 Å². The molecule has 2 rings (SSSR count). The quantitative estimate of drug-likeness (QED) is 0.670. The van der Waals surface area contributed by atoms with Crippen LogP contribution >= 0.6 is 39.9 Å². The highest BCUT2D eigenvalue weighted by atomic mass is 127. The molecule has 0 fully saturated rings. The molecule has 1 aromatic rings. The SMILES string of the molecule is Cc1ccc(Br)cc1NC(=O)CCNC1=NCCN1C.I. The van der Waals surface area contributed by atoms with Crippen LogP contribution in [0.3, 0.4) is 0 Å². The molecule has 116 valence electrons. The largest absolute Gasteiger partial charge is 0.356 e. The van der Waals surface area contributed by atoms with Crippen molar-refractivity contribution in [2.45, 2.75) is 13.3 Å². The van der Waals surface area contributed by atoms with Gasteiger partial charge in [-0.1, -0.05) is 22.0 Å². The lowest BCUT2D eigenvalue weighted by Gasteiger charge is -2.15. The first kappa shape index (κ1) is 18.2. The van der Waals surface area contributed by atoms with Crippen molar-refractivity contribution in [2.75, 3.05) is 32.0 Å².